The molecule has 0 bridgehead atoms. The Kier molecular flexibility index (Phi) is 9.09. The van der Waals surface area contributed by atoms with Crippen molar-refractivity contribution in [1.29, 1.82) is 5.26 Å². The van der Waals surface area contributed by atoms with Crippen molar-refractivity contribution in [2.24, 2.45) is 23.7 Å². The molecule has 138 valence electrons. The maximum absolute atomic E-state index is 8.45. The van der Waals surface area contributed by atoms with Gasteiger partial charge in [-0.15, -0.1) is 0 Å². The Morgan fingerprint density at radius 1 is 0.920 bits per heavy atom. The van der Waals surface area contributed by atoms with E-state index < -0.39 is 0 Å². The fraction of sp³-hybridized carbons (Fsp3) is 0.708. The molecule has 0 saturated heterocycles. The van der Waals surface area contributed by atoms with Crippen molar-refractivity contribution in [1.82, 2.24) is 0 Å². The molecule has 0 amide bonds. The van der Waals surface area contributed by atoms with E-state index in [0.717, 1.165) is 30.1 Å². The number of hydrogen-bond donors (Lipinski definition) is 0. The predicted octanol–water partition coefficient (Wildman–Crippen LogP) is 7.37. The summed E-state index contributed by atoms with van der Waals surface area (Å²) in [6.45, 7) is 6.88. The lowest BCUT2D eigenvalue weighted by atomic mass is 9.70. The molecule has 2 saturated carbocycles. The van der Waals surface area contributed by atoms with Gasteiger partial charge in [-0.1, -0.05) is 50.1 Å². The second-order valence-corrected chi connectivity index (χ2v) is 8.29. The highest BCUT2D eigenvalue weighted by atomic mass is 14.3. The third kappa shape index (κ3) is 6.85. The number of allylic oxidation sites excluding steroid dienone is 5. The highest BCUT2D eigenvalue weighted by Gasteiger charge is 2.29. The second-order valence-electron chi connectivity index (χ2n) is 8.29. The molecular weight excluding hydrogens is 302 g/mol. The summed E-state index contributed by atoms with van der Waals surface area (Å²) < 4.78 is 0. The van der Waals surface area contributed by atoms with E-state index in [1.807, 2.05) is 18.2 Å². The van der Waals surface area contributed by atoms with Crippen LogP contribution < -0.4 is 0 Å². The SMILES string of the molecule is C=C(C1CCC(CCC)CC1)C1CCC(CCC=CC=CC#N)CC1. The van der Waals surface area contributed by atoms with Gasteiger partial charge in [0.1, 0.15) is 0 Å². The van der Waals surface area contributed by atoms with Crippen LogP contribution in [0.4, 0.5) is 0 Å². The monoisotopic (exact) mass is 339 g/mol. The quantitative estimate of drug-likeness (QED) is 0.257. The lowest BCUT2D eigenvalue weighted by molar-refractivity contribution is 0.241. The van der Waals surface area contributed by atoms with Gasteiger partial charge in [0.2, 0.25) is 0 Å². The van der Waals surface area contributed by atoms with Crippen molar-refractivity contribution in [2.75, 3.05) is 0 Å². The van der Waals surface area contributed by atoms with Crippen molar-refractivity contribution >= 4 is 0 Å². The Hall–Kier alpha value is -1.29. The van der Waals surface area contributed by atoms with E-state index in [-0.39, 0.29) is 0 Å². The zero-order valence-corrected chi connectivity index (χ0v) is 16.3. The molecule has 0 unspecified atom stereocenters. The molecule has 1 heteroatoms. The van der Waals surface area contributed by atoms with Gasteiger partial charge in [-0.05, 0) is 87.9 Å². The Balaban J connectivity index is 1.64. The van der Waals surface area contributed by atoms with E-state index in [1.54, 1.807) is 5.57 Å². The average Bonchev–Trinajstić information content (AvgIpc) is 2.65. The summed E-state index contributed by atoms with van der Waals surface area (Å²) >= 11 is 0. The second kappa shape index (κ2) is 11.3. The number of rotatable bonds is 8. The van der Waals surface area contributed by atoms with Gasteiger partial charge in [0.25, 0.3) is 0 Å². The first-order valence-electron chi connectivity index (χ1n) is 10.6. The van der Waals surface area contributed by atoms with Gasteiger partial charge in [0, 0.05) is 6.08 Å². The van der Waals surface area contributed by atoms with Crippen LogP contribution in [-0.4, -0.2) is 0 Å². The third-order valence-electron chi connectivity index (χ3n) is 6.60. The molecule has 2 fully saturated rings. The number of nitrogens with zero attached hydrogens (tertiary/aromatic N) is 1. The van der Waals surface area contributed by atoms with Crippen molar-refractivity contribution in [3.8, 4) is 6.07 Å². The van der Waals surface area contributed by atoms with E-state index >= 15 is 0 Å². The minimum atomic E-state index is 0.804. The fourth-order valence-electron chi connectivity index (χ4n) is 4.99. The molecule has 2 aliphatic carbocycles. The Morgan fingerprint density at radius 3 is 2.00 bits per heavy atom. The minimum Gasteiger partial charge on any atom is -0.193 e. The van der Waals surface area contributed by atoms with E-state index in [2.05, 4.69) is 19.6 Å². The normalized spacial score (nSPS) is 30.6. The topological polar surface area (TPSA) is 23.8 Å². The molecule has 0 spiro atoms. The van der Waals surface area contributed by atoms with Gasteiger partial charge in [-0.25, -0.2) is 0 Å². The molecule has 0 radical (unpaired) electrons. The molecule has 0 aromatic rings. The molecule has 0 aromatic heterocycles. The molecule has 25 heavy (non-hydrogen) atoms. The molecule has 0 aliphatic heterocycles. The van der Waals surface area contributed by atoms with Gasteiger partial charge in [0.15, 0.2) is 0 Å². The summed E-state index contributed by atoms with van der Waals surface area (Å²) in [6, 6.07) is 2.02. The van der Waals surface area contributed by atoms with Gasteiger partial charge in [-0.2, -0.15) is 5.26 Å². The van der Waals surface area contributed by atoms with Gasteiger partial charge >= 0.3 is 0 Å². The fourth-order valence-corrected chi connectivity index (χ4v) is 4.99. The number of hydrogen-bond acceptors (Lipinski definition) is 1. The third-order valence-corrected chi connectivity index (χ3v) is 6.60. The molecule has 2 aliphatic rings. The van der Waals surface area contributed by atoms with Crippen molar-refractivity contribution in [3.63, 3.8) is 0 Å². The Bertz CT molecular complexity index is 477. The summed E-state index contributed by atoms with van der Waals surface area (Å²) in [4.78, 5) is 0. The first-order chi connectivity index (χ1) is 12.2. The summed E-state index contributed by atoms with van der Waals surface area (Å²) in [5.41, 5.74) is 1.61. The standard InChI is InChI=1S/C24H37N/c1-3-9-21-11-15-23(16-12-21)20(2)24-17-13-22(14-18-24)10-7-5-4-6-8-19-25/h4-6,8,21-24H,2-3,7,9-18H2,1H3. The van der Waals surface area contributed by atoms with E-state index in [4.69, 9.17) is 5.26 Å². The zero-order chi connectivity index (χ0) is 17.9. The van der Waals surface area contributed by atoms with Crippen molar-refractivity contribution in [2.45, 2.75) is 84.0 Å². The van der Waals surface area contributed by atoms with Crippen molar-refractivity contribution < 1.29 is 0 Å². The van der Waals surface area contributed by atoms with Gasteiger partial charge in [-0.3, -0.25) is 0 Å². The first-order valence-corrected chi connectivity index (χ1v) is 10.6. The highest BCUT2D eigenvalue weighted by Crippen LogP contribution is 2.42. The predicted molar refractivity (Wildman–Crippen MR) is 108 cm³/mol. The largest absolute Gasteiger partial charge is 0.193 e. The zero-order valence-electron chi connectivity index (χ0n) is 16.3. The Morgan fingerprint density at radius 2 is 1.48 bits per heavy atom. The van der Waals surface area contributed by atoms with Crippen LogP contribution in [0.1, 0.15) is 84.0 Å². The van der Waals surface area contributed by atoms with Crippen molar-refractivity contribution in [3.05, 3.63) is 36.5 Å². The lowest BCUT2D eigenvalue weighted by Crippen LogP contribution is -2.23. The van der Waals surface area contributed by atoms with E-state index in [1.165, 1.54) is 76.7 Å². The van der Waals surface area contributed by atoms with Crippen LogP contribution in [-0.2, 0) is 0 Å². The van der Waals surface area contributed by atoms with Crippen LogP contribution in [0.3, 0.4) is 0 Å². The van der Waals surface area contributed by atoms with Crippen LogP contribution in [0.15, 0.2) is 36.5 Å². The number of nitriles is 1. The van der Waals surface area contributed by atoms with Crippen LogP contribution in [0, 0.1) is 35.0 Å². The van der Waals surface area contributed by atoms with E-state index in [0.29, 0.717) is 0 Å². The molecule has 0 atom stereocenters. The average molecular weight is 340 g/mol. The minimum absolute atomic E-state index is 0.804. The Labute approximate surface area is 155 Å². The summed E-state index contributed by atoms with van der Waals surface area (Å²) in [5.74, 6) is 3.53. The van der Waals surface area contributed by atoms with Gasteiger partial charge < -0.3 is 0 Å². The lowest BCUT2D eigenvalue weighted by Gasteiger charge is -2.36. The van der Waals surface area contributed by atoms with E-state index in [9.17, 15) is 0 Å². The van der Waals surface area contributed by atoms with Crippen LogP contribution >= 0.6 is 0 Å². The highest BCUT2D eigenvalue weighted by molar-refractivity contribution is 5.11. The maximum Gasteiger partial charge on any atom is 0.0912 e. The van der Waals surface area contributed by atoms with Gasteiger partial charge in [0.05, 0.1) is 6.07 Å². The van der Waals surface area contributed by atoms with Crippen LogP contribution in [0.5, 0.6) is 0 Å². The van der Waals surface area contributed by atoms with Crippen LogP contribution in [0.2, 0.25) is 0 Å². The molecule has 0 heterocycles. The molecule has 0 N–H and O–H groups in total. The smallest absolute Gasteiger partial charge is 0.0912 e. The maximum atomic E-state index is 8.45. The summed E-state index contributed by atoms with van der Waals surface area (Å²) in [6.07, 6.45) is 24.0. The first kappa shape index (κ1) is 20.0. The van der Waals surface area contributed by atoms with Crippen LogP contribution in [0.25, 0.3) is 0 Å². The summed E-state index contributed by atoms with van der Waals surface area (Å²) in [7, 11) is 0. The molecule has 1 nitrogen and oxygen atoms in total. The molecular formula is C24H37N. The summed E-state index contributed by atoms with van der Waals surface area (Å²) in [5, 5.41) is 8.45. The molecule has 2 rings (SSSR count). The molecule has 0 aromatic carbocycles.